The fourth-order valence-corrected chi connectivity index (χ4v) is 5.34. The highest BCUT2D eigenvalue weighted by Crippen LogP contribution is 2.62. The van der Waals surface area contributed by atoms with Crippen molar-refractivity contribution in [2.75, 3.05) is 25.6 Å². The molecule has 1 spiro atoms. The van der Waals surface area contributed by atoms with Gasteiger partial charge in [-0.05, 0) is 24.8 Å². The lowest BCUT2D eigenvalue weighted by Crippen LogP contribution is -2.38. The average Bonchev–Trinajstić information content (AvgIpc) is 3.29. The van der Waals surface area contributed by atoms with E-state index in [0.29, 0.717) is 24.6 Å². The number of anilines is 1. The maximum Gasteiger partial charge on any atom is 0.406 e. The average molecular weight is 480 g/mol. The molecule has 4 rings (SSSR count). The maximum absolute atomic E-state index is 12.9. The van der Waals surface area contributed by atoms with Crippen LogP contribution in [-0.4, -0.2) is 51.4 Å². The van der Waals surface area contributed by atoms with E-state index in [1.807, 2.05) is 13.8 Å². The first-order chi connectivity index (χ1) is 15.7. The van der Waals surface area contributed by atoms with Crippen LogP contribution in [0, 0.1) is 11.3 Å². The monoisotopic (exact) mass is 480 g/mol. The fourth-order valence-electron chi connectivity index (χ4n) is 3.71. The van der Waals surface area contributed by atoms with Crippen molar-refractivity contribution in [1.82, 2.24) is 24.6 Å². The molecule has 2 aromatic heterocycles. The normalized spacial score (nSPS) is 26.8. The van der Waals surface area contributed by atoms with Gasteiger partial charge in [-0.3, -0.25) is 28.2 Å². The zero-order chi connectivity index (χ0) is 23.8. The number of imidazole rings is 1. The van der Waals surface area contributed by atoms with Gasteiger partial charge in [0.2, 0.25) is 5.95 Å². The number of fused-ring (bicyclic) bond motifs is 1. The second-order valence-electron chi connectivity index (χ2n) is 8.59. The lowest BCUT2D eigenvalue weighted by molar-refractivity contribution is -0.146. The van der Waals surface area contributed by atoms with E-state index in [1.165, 1.54) is 6.33 Å². The molecule has 1 saturated carbocycles. The molecule has 1 atom stereocenters. The summed E-state index contributed by atoms with van der Waals surface area (Å²) in [6, 6.07) is -0.833. The van der Waals surface area contributed by atoms with Crippen LogP contribution >= 0.6 is 7.75 Å². The molecule has 33 heavy (non-hydrogen) atoms. The van der Waals surface area contributed by atoms with Crippen molar-refractivity contribution >= 4 is 37.0 Å². The Hall–Kier alpha value is -2.53. The number of aromatic nitrogens is 4. The van der Waals surface area contributed by atoms with E-state index in [2.05, 4.69) is 20.0 Å². The quantitative estimate of drug-likeness (QED) is 0.376. The van der Waals surface area contributed by atoms with Crippen molar-refractivity contribution in [2.45, 2.75) is 46.1 Å². The van der Waals surface area contributed by atoms with Gasteiger partial charge in [-0.15, -0.1) is 0 Å². The Balaban J connectivity index is 1.36. The fraction of sp³-hybridized carbons (Fsp3) is 0.600. The minimum Gasteiger partial charge on any atom is -0.464 e. The summed E-state index contributed by atoms with van der Waals surface area (Å²) in [5.74, 6) is -0.190. The zero-order valence-corrected chi connectivity index (χ0v) is 19.8. The van der Waals surface area contributed by atoms with E-state index in [1.54, 1.807) is 17.7 Å². The van der Waals surface area contributed by atoms with Gasteiger partial charge in [0.1, 0.15) is 12.4 Å². The van der Waals surface area contributed by atoms with Crippen molar-refractivity contribution in [3.05, 3.63) is 22.3 Å². The summed E-state index contributed by atoms with van der Waals surface area (Å²) >= 11 is 0. The van der Waals surface area contributed by atoms with Crippen LogP contribution < -0.4 is 16.4 Å². The van der Waals surface area contributed by atoms with Gasteiger partial charge < -0.3 is 10.5 Å². The third-order valence-electron chi connectivity index (χ3n) is 6.17. The topological polar surface area (TPSA) is 163 Å². The Morgan fingerprint density at radius 2 is 2.12 bits per heavy atom. The summed E-state index contributed by atoms with van der Waals surface area (Å²) < 4.78 is 31.0. The summed E-state index contributed by atoms with van der Waals surface area (Å²) in [6.45, 7) is 6.32. The number of carbonyl (C=O) groups excluding carboxylic acids is 1. The predicted octanol–water partition coefficient (Wildman–Crippen LogP) is 2.05. The molecule has 0 unspecified atom stereocenters. The summed E-state index contributed by atoms with van der Waals surface area (Å²) in [4.78, 5) is 34.8. The van der Waals surface area contributed by atoms with E-state index < -0.39 is 30.7 Å². The first-order valence-corrected chi connectivity index (χ1v) is 12.5. The molecule has 13 heteroatoms. The molecule has 1 saturated heterocycles. The van der Waals surface area contributed by atoms with Crippen molar-refractivity contribution in [3.63, 3.8) is 0 Å². The number of hydrogen-bond acceptors (Lipinski definition) is 9. The van der Waals surface area contributed by atoms with Crippen LogP contribution in [0.2, 0.25) is 0 Å². The molecular formula is C20H29N6O6P. The van der Waals surface area contributed by atoms with Gasteiger partial charge in [-0.1, -0.05) is 26.7 Å². The van der Waals surface area contributed by atoms with Gasteiger partial charge in [0.25, 0.3) is 5.56 Å². The second-order valence-corrected chi connectivity index (χ2v) is 10.4. The van der Waals surface area contributed by atoms with Crippen LogP contribution in [-0.2, 0) is 23.1 Å². The van der Waals surface area contributed by atoms with Gasteiger partial charge in [-0.2, -0.15) is 4.98 Å². The van der Waals surface area contributed by atoms with Crippen LogP contribution in [0.15, 0.2) is 16.7 Å². The molecule has 0 amide bonds. The molecule has 0 bridgehead atoms. The third-order valence-corrected chi connectivity index (χ3v) is 7.82. The molecule has 0 radical (unpaired) electrons. The summed E-state index contributed by atoms with van der Waals surface area (Å²) in [7, 11) is -3.65. The van der Waals surface area contributed by atoms with Crippen molar-refractivity contribution in [3.8, 4) is 0 Å². The highest BCUT2D eigenvalue weighted by molar-refractivity contribution is 7.51. The van der Waals surface area contributed by atoms with Gasteiger partial charge >= 0.3 is 13.7 Å². The van der Waals surface area contributed by atoms with Gasteiger partial charge in [-0.25, -0.2) is 14.6 Å². The number of H-pyrrole nitrogens is 1. The summed E-state index contributed by atoms with van der Waals surface area (Å²) in [5, 5.41) is 2.66. The van der Waals surface area contributed by atoms with E-state index in [0.717, 1.165) is 18.4 Å². The molecule has 12 nitrogen and oxygen atoms in total. The zero-order valence-electron chi connectivity index (χ0n) is 18.9. The van der Waals surface area contributed by atoms with Gasteiger partial charge in [0.05, 0.1) is 19.8 Å². The minimum atomic E-state index is -3.65. The Morgan fingerprint density at radius 1 is 1.42 bits per heavy atom. The lowest BCUT2D eigenvalue weighted by Gasteiger charge is -2.30. The number of nitrogen functional groups attached to an aromatic ring is 1. The van der Waals surface area contributed by atoms with E-state index in [9.17, 15) is 14.2 Å². The molecule has 2 fully saturated rings. The second kappa shape index (κ2) is 9.02. The molecule has 180 valence electrons. The number of aromatic amines is 1. The highest BCUT2D eigenvalue weighted by Gasteiger charge is 2.55. The summed E-state index contributed by atoms with van der Waals surface area (Å²) in [5.41, 5.74) is 6.31. The number of carbonyl (C=O) groups is 1. The minimum absolute atomic E-state index is 0.00191. The van der Waals surface area contributed by atoms with Crippen molar-refractivity contribution in [2.24, 2.45) is 11.3 Å². The smallest absolute Gasteiger partial charge is 0.406 e. The molecule has 2 aliphatic rings. The molecule has 4 N–H and O–H groups in total. The predicted molar refractivity (Wildman–Crippen MR) is 121 cm³/mol. The number of hydrogen-bond donors (Lipinski definition) is 3. The molecule has 1 aliphatic carbocycles. The molecule has 0 aromatic carbocycles. The highest BCUT2D eigenvalue weighted by atomic mass is 31.2. The Morgan fingerprint density at radius 3 is 2.79 bits per heavy atom. The number of nitrogens with one attached hydrogen (secondary N) is 2. The van der Waals surface area contributed by atoms with Crippen LogP contribution in [0.4, 0.5) is 5.95 Å². The van der Waals surface area contributed by atoms with Crippen LogP contribution in [0.3, 0.4) is 0 Å². The molecule has 1 aliphatic heterocycles. The molecular weight excluding hydrogens is 451 g/mol. The standard InChI is InChI=1S/C20H29N6O6P/c1-4-13(5-2)8-30-18(28)12(3)25-33(29)31-9-20(10-32-33)6-14(20)7-26-11-22-15-16(26)23-19(21)24-17(15)27/h7,11-13H,4-6,8-10H2,1-3H3,(H,25,29)(H3,21,23,24,27)/b14-7-/t12-,20?,33?/m0/s1. The van der Waals surface area contributed by atoms with Crippen molar-refractivity contribution < 1.29 is 23.1 Å². The number of nitrogens with two attached hydrogens (primary N) is 1. The molecule has 3 heterocycles. The number of ether oxygens (including phenoxy) is 1. The molecule has 2 aromatic rings. The third kappa shape index (κ3) is 4.89. The number of nitrogens with zero attached hydrogens (tertiary/aromatic N) is 3. The first-order valence-electron chi connectivity index (χ1n) is 11.0. The van der Waals surface area contributed by atoms with E-state index >= 15 is 0 Å². The number of esters is 1. The number of rotatable bonds is 8. The van der Waals surface area contributed by atoms with Crippen molar-refractivity contribution in [1.29, 1.82) is 0 Å². The van der Waals surface area contributed by atoms with Crippen LogP contribution in [0.1, 0.15) is 40.0 Å². The largest absolute Gasteiger partial charge is 0.464 e. The SMILES string of the molecule is CCC(CC)COC(=O)[C@H](C)NP1(=O)OCC2(CO1)C/C2=C/n1cnc2c(=O)[nH]c(N)nc21. The Bertz CT molecular complexity index is 1170. The van der Waals surface area contributed by atoms with E-state index in [-0.39, 0.29) is 24.7 Å². The Labute approximate surface area is 190 Å². The summed E-state index contributed by atoms with van der Waals surface area (Å²) in [6.07, 6.45) is 5.79. The van der Waals surface area contributed by atoms with Crippen LogP contribution in [0.5, 0.6) is 0 Å². The first kappa shape index (κ1) is 23.6. The maximum atomic E-state index is 12.9. The van der Waals surface area contributed by atoms with Gasteiger partial charge in [0.15, 0.2) is 11.2 Å². The Kier molecular flexibility index (Phi) is 6.45. The van der Waals surface area contributed by atoms with Gasteiger partial charge in [0, 0.05) is 11.6 Å². The van der Waals surface area contributed by atoms with E-state index in [4.69, 9.17) is 19.5 Å². The lowest BCUT2D eigenvalue weighted by atomic mass is 10.1. The van der Waals surface area contributed by atoms with Crippen LogP contribution in [0.25, 0.3) is 17.4 Å².